The third-order valence-corrected chi connectivity index (χ3v) is 7.78. The quantitative estimate of drug-likeness (QED) is 0.185. The van der Waals surface area contributed by atoms with Gasteiger partial charge in [0.05, 0.1) is 0 Å². The molecular formula is C31H26IN. The van der Waals surface area contributed by atoms with Crippen molar-refractivity contribution in [2.24, 2.45) is 0 Å². The van der Waals surface area contributed by atoms with Gasteiger partial charge in [-0.15, -0.1) is 0 Å². The third-order valence-electron chi connectivity index (χ3n) is 7.11. The summed E-state index contributed by atoms with van der Waals surface area (Å²) >= 11 is 2.45. The molecule has 1 nitrogen and oxygen atoms in total. The van der Waals surface area contributed by atoms with Gasteiger partial charge in [-0.05, 0) is 99.7 Å². The Labute approximate surface area is 209 Å². The predicted molar refractivity (Wildman–Crippen MR) is 148 cm³/mol. The van der Waals surface area contributed by atoms with Crippen LogP contribution in [-0.4, -0.2) is 6.04 Å². The maximum absolute atomic E-state index is 2.60. The lowest BCUT2D eigenvalue weighted by atomic mass is 9.95. The Kier molecular flexibility index (Phi) is 5.55. The molecule has 33 heavy (non-hydrogen) atoms. The zero-order valence-corrected chi connectivity index (χ0v) is 20.7. The summed E-state index contributed by atoms with van der Waals surface area (Å²) in [5, 5.41) is 0. The third kappa shape index (κ3) is 3.91. The van der Waals surface area contributed by atoms with Crippen molar-refractivity contribution in [3.8, 4) is 0 Å². The molecule has 2 unspecified atom stereocenters. The van der Waals surface area contributed by atoms with Crippen LogP contribution in [0.25, 0.3) is 11.6 Å². The van der Waals surface area contributed by atoms with Gasteiger partial charge in [0.1, 0.15) is 0 Å². The highest BCUT2D eigenvalue weighted by molar-refractivity contribution is 14.1. The van der Waals surface area contributed by atoms with E-state index in [2.05, 4.69) is 137 Å². The molecule has 0 saturated heterocycles. The molecular weight excluding hydrogens is 513 g/mol. The van der Waals surface area contributed by atoms with E-state index in [1.807, 2.05) is 0 Å². The number of halogens is 1. The summed E-state index contributed by atoms with van der Waals surface area (Å²) in [6.45, 7) is 0. The van der Waals surface area contributed by atoms with Crippen molar-refractivity contribution in [2.45, 2.75) is 31.2 Å². The summed E-state index contributed by atoms with van der Waals surface area (Å²) in [6.07, 6.45) is 6.23. The largest absolute Gasteiger partial charge is 0.338 e. The van der Waals surface area contributed by atoms with E-state index in [0.29, 0.717) is 12.0 Å². The highest BCUT2D eigenvalue weighted by atomic mass is 127. The van der Waals surface area contributed by atoms with Crippen LogP contribution in [0.5, 0.6) is 0 Å². The van der Waals surface area contributed by atoms with Crippen LogP contribution in [-0.2, 0) is 0 Å². The molecule has 1 heterocycles. The SMILES string of the molecule is Ic1ccc2c(c1)C1CCCC1N2c1ccc(C=C(c2ccccc2)c2ccccc2)cc1. The summed E-state index contributed by atoms with van der Waals surface area (Å²) in [5.41, 5.74) is 9.22. The zero-order chi connectivity index (χ0) is 22.2. The van der Waals surface area contributed by atoms with Gasteiger partial charge in [0, 0.05) is 26.9 Å². The van der Waals surface area contributed by atoms with Crippen molar-refractivity contribution in [2.75, 3.05) is 4.90 Å². The van der Waals surface area contributed by atoms with Gasteiger partial charge in [-0.2, -0.15) is 0 Å². The maximum atomic E-state index is 2.60. The second-order valence-electron chi connectivity index (χ2n) is 9.06. The standard InChI is InChI=1S/C31H26IN/c32-25-16-19-31-29(21-25)27-12-7-13-30(27)33(31)26-17-14-22(15-18-26)20-28(23-8-3-1-4-9-23)24-10-5-2-6-11-24/h1-6,8-11,14-21,27,30H,7,12-13H2. The second kappa shape index (κ2) is 8.83. The Morgan fingerprint density at radius 3 is 2.09 bits per heavy atom. The first kappa shape index (κ1) is 20.7. The predicted octanol–water partition coefficient (Wildman–Crippen LogP) is 8.67. The minimum atomic E-state index is 0.601. The van der Waals surface area contributed by atoms with Crippen molar-refractivity contribution in [3.05, 3.63) is 129 Å². The molecule has 0 bridgehead atoms. The molecule has 2 aliphatic rings. The highest BCUT2D eigenvalue weighted by Gasteiger charge is 2.41. The molecule has 1 aliphatic carbocycles. The van der Waals surface area contributed by atoms with E-state index in [0.717, 1.165) is 0 Å². The van der Waals surface area contributed by atoms with Crippen LogP contribution in [0.2, 0.25) is 0 Å². The second-order valence-corrected chi connectivity index (χ2v) is 10.3. The fourth-order valence-corrected chi connectivity index (χ4v) is 6.15. The molecule has 1 saturated carbocycles. The number of rotatable bonds is 4. The minimum absolute atomic E-state index is 0.601. The van der Waals surface area contributed by atoms with Crippen LogP contribution in [0.3, 0.4) is 0 Å². The molecule has 1 aliphatic heterocycles. The molecule has 4 aromatic rings. The number of nitrogens with zero attached hydrogens (tertiary/aromatic N) is 1. The van der Waals surface area contributed by atoms with Crippen molar-refractivity contribution in [3.63, 3.8) is 0 Å². The molecule has 0 radical (unpaired) electrons. The first-order chi connectivity index (χ1) is 16.3. The Bertz CT molecular complexity index is 1250. The molecule has 1 fully saturated rings. The van der Waals surface area contributed by atoms with Gasteiger partial charge in [0.15, 0.2) is 0 Å². The zero-order valence-electron chi connectivity index (χ0n) is 18.5. The Morgan fingerprint density at radius 2 is 1.42 bits per heavy atom. The first-order valence-electron chi connectivity index (χ1n) is 11.8. The molecule has 6 rings (SSSR count). The van der Waals surface area contributed by atoms with Gasteiger partial charge in [0.25, 0.3) is 0 Å². The monoisotopic (exact) mass is 539 g/mol. The molecule has 162 valence electrons. The topological polar surface area (TPSA) is 3.24 Å². The van der Waals surface area contributed by atoms with Gasteiger partial charge >= 0.3 is 0 Å². The van der Waals surface area contributed by atoms with Crippen molar-refractivity contribution in [1.29, 1.82) is 0 Å². The van der Waals surface area contributed by atoms with E-state index in [9.17, 15) is 0 Å². The van der Waals surface area contributed by atoms with Crippen molar-refractivity contribution < 1.29 is 0 Å². The summed E-state index contributed by atoms with van der Waals surface area (Å²) in [6, 6.07) is 38.1. The van der Waals surface area contributed by atoms with Crippen LogP contribution in [0.4, 0.5) is 11.4 Å². The van der Waals surface area contributed by atoms with E-state index in [-0.39, 0.29) is 0 Å². The van der Waals surface area contributed by atoms with Crippen LogP contribution in [0.15, 0.2) is 103 Å². The lowest BCUT2D eigenvalue weighted by molar-refractivity contribution is 0.641. The molecule has 0 aromatic heterocycles. The van der Waals surface area contributed by atoms with Gasteiger partial charge in [-0.1, -0.05) is 79.2 Å². The number of hydrogen-bond acceptors (Lipinski definition) is 1. The van der Waals surface area contributed by atoms with Gasteiger partial charge in [0.2, 0.25) is 0 Å². The molecule has 4 aromatic carbocycles. The van der Waals surface area contributed by atoms with Crippen molar-refractivity contribution in [1.82, 2.24) is 0 Å². The van der Waals surface area contributed by atoms with Gasteiger partial charge < -0.3 is 4.90 Å². The minimum Gasteiger partial charge on any atom is -0.338 e. The van der Waals surface area contributed by atoms with E-state index >= 15 is 0 Å². The lowest BCUT2D eigenvalue weighted by Crippen LogP contribution is -2.26. The molecule has 2 atom stereocenters. The number of benzene rings is 4. The smallest absolute Gasteiger partial charge is 0.0450 e. The highest BCUT2D eigenvalue weighted by Crippen LogP contribution is 2.52. The van der Waals surface area contributed by atoms with Crippen LogP contribution < -0.4 is 4.90 Å². The Balaban J connectivity index is 1.37. The average molecular weight is 539 g/mol. The first-order valence-corrected chi connectivity index (χ1v) is 12.9. The number of anilines is 2. The number of fused-ring (bicyclic) bond motifs is 3. The maximum Gasteiger partial charge on any atom is 0.0450 e. The van der Waals surface area contributed by atoms with Crippen molar-refractivity contribution >= 4 is 45.6 Å². The van der Waals surface area contributed by atoms with E-state index in [1.54, 1.807) is 5.56 Å². The van der Waals surface area contributed by atoms with Gasteiger partial charge in [-0.3, -0.25) is 0 Å². The summed E-state index contributed by atoms with van der Waals surface area (Å²) < 4.78 is 1.34. The number of hydrogen-bond donors (Lipinski definition) is 0. The normalized spacial score (nSPS) is 18.6. The van der Waals surface area contributed by atoms with E-state index in [1.165, 1.54) is 56.5 Å². The molecule has 0 amide bonds. The van der Waals surface area contributed by atoms with Crippen LogP contribution in [0, 0.1) is 3.57 Å². The van der Waals surface area contributed by atoms with Crippen LogP contribution >= 0.6 is 22.6 Å². The summed E-state index contributed by atoms with van der Waals surface area (Å²) in [7, 11) is 0. The van der Waals surface area contributed by atoms with Crippen LogP contribution in [0.1, 0.15) is 47.4 Å². The Hall–Kier alpha value is -2.85. The summed E-state index contributed by atoms with van der Waals surface area (Å²) in [5.74, 6) is 0.678. The molecule has 2 heteroatoms. The lowest BCUT2D eigenvalue weighted by Gasteiger charge is -2.27. The summed E-state index contributed by atoms with van der Waals surface area (Å²) in [4.78, 5) is 2.60. The Morgan fingerprint density at radius 1 is 0.758 bits per heavy atom. The molecule has 0 spiro atoms. The van der Waals surface area contributed by atoms with E-state index in [4.69, 9.17) is 0 Å². The molecule has 0 N–H and O–H groups in total. The average Bonchev–Trinajstić information content (AvgIpc) is 3.45. The van der Waals surface area contributed by atoms with E-state index < -0.39 is 0 Å². The fourth-order valence-electron chi connectivity index (χ4n) is 5.63. The van der Waals surface area contributed by atoms with Gasteiger partial charge in [-0.25, -0.2) is 0 Å². The fraction of sp³-hybridized carbons (Fsp3) is 0.161.